The van der Waals surface area contributed by atoms with E-state index in [1.54, 1.807) is 0 Å². The average molecular weight is 310 g/mol. The maximum absolute atomic E-state index is 12.1. The molecule has 0 aromatic rings. The molecule has 20 heavy (non-hydrogen) atoms. The number of carbonyl (C=O) groups is 1. The van der Waals surface area contributed by atoms with Crippen LogP contribution in [0.25, 0.3) is 0 Å². The molecule has 1 atom stereocenters. The highest BCUT2D eigenvalue weighted by Gasteiger charge is 2.36. The Morgan fingerprint density at radius 1 is 1.05 bits per heavy atom. The number of hydrogen-bond acceptors (Lipinski definition) is 3. The topological polar surface area (TPSA) is 66.6 Å². The Hall–Kier alpha value is -1.03. The van der Waals surface area contributed by atoms with Crippen LogP contribution in [0.1, 0.15) is 19.3 Å². The Morgan fingerprint density at radius 3 is 1.85 bits per heavy atom. The summed E-state index contributed by atoms with van der Waals surface area (Å²) in [7, 11) is 0. The smallest absolute Gasteiger partial charge is 0.401 e. The molecule has 4 nitrogen and oxygen atoms in total. The van der Waals surface area contributed by atoms with Crippen LogP contribution in [-0.2, 0) is 4.79 Å². The van der Waals surface area contributed by atoms with E-state index in [-0.39, 0.29) is 24.2 Å². The van der Waals surface area contributed by atoms with Gasteiger partial charge in [-0.25, -0.2) is 0 Å². The lowest BCUT2D eigenvalue weighted by atomic mass is 10.1. The van der Waals surface area contributed by atoms with Crippen LogP contribution in [0.2, 0.25) is 0 Å². The van der Waals surface area contributed by atoms with E-state index in [1.807, 2.05) is 0 Å². The van der Waals surface area contributed by atoms with Crippen LogP contribution in [-0.4, -0.2) is 54.0 Å². The molecule has 0 aliphatic rings. The van der Waals surface area contributed by atoms with Crippen molar-refractivity contribution in [1.29, 1.82) is 0 Å². The molecule has 0 heterocycles. The fraction of sp³-hybridized carbons (Fsp3) is 0.900. The van der Waals surface area contributed by atoms with E-state index in [9.17, 15) is 31.1 Å². The largest absolute Gasteiger partial charge is 0.480 e. The SMILES string of the molecule is NC(CCCCN(CC(F)(F)F)CC(F)(F)F)C(=O)O. The molecule has 0 radical (unpaired) electrons. The molecule has 0 spiro atoms. The first-order valence-electron chi connectivity index (χ1n) is 5.75. The molecule has 0 rings (SSSR count). The highest BCUT2D eigenvalue weighted by Crippen LogP contribution is 2.22. The second kappa shape index (κ2) is 7.67. The minimum absolute atomic E-state index is 0.00120. The minimum atomic E-state index is -4.72. The van der Waals surface area contributed by atoms with Crippen LogP contribution >= 0.6 is 0 Å². The lowest BCUT2D eigenvalue weighted by molar-refractivity contribution is -0.180. The van der Waals surface area contributed by atoms with Crippen LogP contribution in [0.15, 0.2) is 0 Å². The van der Waals surface area contributed by atoms with Gasteiger partial charge in [-0.3, -0.25) is 9.69 Å². The Labute approximate surface area is 111 Å². The Bertz CT molecular complexity index is 289. The normalized spacial score (nSPS) is 14.6. The highest BCUT2D eigenvalue weighted by atomic mass is 19.4. The van der Waals surface area contributed by atoms with Gasteiger partial charge in [-0.2, -0.15) is 26.3 Å². The van der Waals surface area contributed by atoms with Gasteiger partial charge in [0.15, 0.2) is 0 Å². The van der Waals surface area contributed by atoms with Crippen LogP contribution in [0.4, 0.5) is 26.3 Å². The van der Waals surface area contributed by atoms with Crippen molar-refractivity contribution in [2.75, 3.05) is 19.6 Å². The third-order valence-electron chi connectivity index (χ3n) is 2.36. The molecule has 1 unspecified atom stereocenters. The van der Waals surface area contributed by atoms with Gasteiger partial charge in [-0.15, -0.1) is 0 Å². The Kier molecular flexibility index (Phi) is 7.28. The molecule has 0 aromatic heterocycles. The summed E-state index contributed by atoms with van der Waals surface area (Å²) in [4.78, 5) is 10.6. The minimum Gasteiger partial charge on any atom is -0.480 e. The first-order chi connectivity index (χ1) is 8.91. The average Bonchev–Trinajstić information content (AvgIpc) is 2.18. The summed E-state index contributed by atoms with van der Waals surface area (Å²) in [6.07, 6.45) is -9.29. The van der Waals surface area contributed by atoms with Gasteiger partial charge < -0.3 is 10.8 Å². The zero-order valence-electron chi connectivity index (χ0n) is 10.5. The van der Waals surface area contributed by atoms with E-state index in [2.05, 4.69) is 0 Å². The molecule has 0 aliphatic carbocycles. The lowest BCUT2D eigenvalue weighted by Gasteiger charge is -2.24. The Morgan fingerprint density at radius 2 is 1.50 bits per heavy atom. The number of carboxylic acids is 1. The van der Waals surface area contributed by atoms with Crippen LogP contribution < -0.4 is 5.73 Å². The van der Waals surface area contributed by atoms with Crippen LogP contribution in [0.3, 0.4) is 0 Å². The molecule has 0 saturated heterocycles. The van der Waals surface area contributed by atoms with Crippen molar-refractivity contribution in [3.8, 4) is 0 Å². The third-order valence-corrected chi connectivity index (χ3v) is 2.36. The van der Waals surface area contributed by atoms with Gasteiger partial charge in [0.05, 0.1) is 13.1 Å². The van der Waals surface area contributed by atoms with Gasteiger partial charge in [0.25, 0.3) is 0 Å². The standard InChI is InChI=1S/C10H16F6N2O2/c11-9(12,13)5-18(6-10(14,15)16)4-2-1-3-7(17)8(19)20/h7H,1-6,17H2,(H,19,20). The van der Waals surface area contributed by atoms with E-state index >= 15 is 0 Å². The first kappa shape index (κ1) is 19.0. The van der Waals surface area contributed by atoms with Crippen molar-refractivity contribution in [3.63, 3.8) is 0 Å². The van der Waals surface area contributed by atoms with Gasteiger partial charge in [0, 0.05) is 0 Å². The molecular weight excluding hydrogens is 294 g/mol. The van der Waals surface area contributed by atoms with E-state index in [0.717, 1.165) is 0 Å². The lowest BCUT2D eigenvalue weighted by Crippen LogP contribution is -2.41. The number of nitrogens with two attached hydrogens (primary N) is 1. The monoisotopic (exact) mass is 310 g/mol. The van der Waals surface area contributed by atoms with Crippen molar-refractivity contribution in [2.24, 2.45) is 5.73 Å². The number of halogens is 6. The number of carboxylic acid groups (broad SMARTS) is 1. The van der Waals surface area contributed by atoms with Crippen molar-refractivity contribution >= 4 is 5.97 Å². The van der Waals surface area contributed by atoms with Gasteiger partial charge in [0.2, 0.25) is 0 Å². The van der Waals surface area contributed by atoms with E-state index in [4.69, 9.17) is 10.8 Å². The summed E-state index contributed by atoms with van der Waals surface area (Å²) >= 11 is 0. The van der Waals surface area contributed by atoms with E-state index in [1.165, 1.54) is 0 Å². The van der Waals surface area contributed by atoms with E-state index in [0.29, 0.717) is 0 Å². The number of aliphatic carboxylic acids is 1. The van der Waals surface area contributed by atoms with Crippen molar-refractivity contribution in [3.05, 3.63) is 0 Å². The van der Waals surface area contributed by atoms with Crippen LogP contribution in [0, 0.1) is 0 Å². The third kappa shape index (κ3) is 10.9. The molecule has 0 bridgehead atoms. The fourth-order valence-electron chi connectivity index (χ4n) is 1.54. The molecule has 0 fully saturated rings. The molecule has 3 N–H and O–H groups in total. The summed E-state index contributed by atoms with van der Waals surface area (Å²) in [6, 6.07) is -1.16. The van der Waals surface area contributed by atoms with Crippen molar-refractivity contribution < 1.29 is 36.2 Å². The van der Waals surface area contributed by atoms with Crippen molar-refractivity contribution in [1.82, 2.24) is 4.90 Å². The van der Waals surface area contributed by atoms with Gasteiger partial charge >= 0.3 is 18.3 Å². The zero-order chi connectivity index (χ0) is 16.0. The maximum Gasteiger partial charge on any atom is 0.401 e. The van der Waals surface area contributed by atoms with Gasteiger partial charge in [-0.05, 0) is 19.4 Å². The summed E-state index contributed by atoms with van der Waals surface area (Å²) in [5.41, 5.74) is 5.16. The first-order valence-corrected chi connectivity index (χ1v) is 5.75. The molecule has 0 saturated carbocycles. The summed E-state index contributed by atoms with van der Waals surface area (Å²) in [5.74, 6) is -1.26. The second-order valence-electron chi connectivity index (χ2n) is 4.38. The highest BCUT2D eigenvalue weighted by molar-refractivity contribution is 5.72. The fourth-order valence-corrected chi connectivity index (χ4v) is 1.54. The number of unbranched alkanes of at least 4 members (excludes halogenated alkanes) is 1. The quantitative estimate of drug-likeness (QED) is 0.531. The predicted octanol–water partition coefficient (Wildman–Crippen LogP) is 2.00. The molecule has 0 amide bonds. The zero-order valence-corrected chi connectivity index (χ0v) is 10.5. The predicted molar refractivity (Wildman–Crippen MR) is 58.0 cm³/mol. The van der Waals surface area contributed by atoms with Gasteiger partial charge in [-0.1, -0.05) is 6.42 Å². The number of hydrogen-bond donors (Lipinski definition) is 2. The summed E-state index contributed by atoms with van der Waals surface area (Å²) in [6.45, 7) is -3.74. The number of rotatable bonds is 8. The summed E-state index contributed by atoms with van der Waals surface area (Å²) in [5, 5.41) is 8.46. The van der Waals surface area contributed by atoms with Gasteiger partial charge in [0.1, 0.15) is 6.04 Å². The molecule has 0 aromatic carbocycles. The number of alkyl halides is 6. The molecular formula is C10H16F6N2O2. The molecule has 0 aliphatic heterocycles. The van der Waals surface area contributed by atoms with Crippen LogP contribution in [0.5, 0.6) is 0 Å². The second-order valence-corrected chi connectivity index (χ2v) is 4.38. The maximum atomic E-state index is 12.1. The van der Waals surface area contributed by atoms with Crippen molar-refractivity contribution in [2.45, 2.75) is 37.7 Å². The number of nitrogens with zero attached hydrogens (tertiary/aromatic N) is 1. The molecule has 10 heteroatoms. The molecule has 120 valence electrons. The van der Waals surface area contributed by atoms with E-state index < -0.39 is 44.0 Å². The summed E-state index contributed by atoms with van der Waals surface area (Å²) < 4.78 is 72.7. The Balaban J connectivity index is 4.20.